The molecule has 0 spiro atoms. The zero-order chi connectivity index (χ0) is 14.2. The topological polar surface area (TPSA) is 50.5 Å². The van der Waals surface area contributed by atoms with Gasteiger partial charge in [-0.05, 0) is 51.1 Å². The van der Waals surface area contributed by atoms with Crippen LogP contribution in [0.3, 0.4) is 0 Å². The summed E-state index contributed by atoms with van der Waals surface area (Å²) < 4.78 is 5.42. The van der Waals surface area contributed by atoms with Gasteiger partial charge in [0.25, 0.3) is 11.1 Å². The van der Waals surface area contributed by atoms with E-state index < -0.39 is 0 Å². The number of carbonyl (C=O) groups is 2. The number of aryl methyl sites for hydroxylation is 2. The van der Waals surface area contributed by atoms with Gasteiger partial charge in [0.05, 0.1) is 4.91 Å². The second-order valence-corrected chi connectivity index (χ2v) is 5.67. The summed E-state index contributed by atoms with van der Waals surface area (Å²) in [5.41, 5.74) is 0.854. The van der Waals surface area contributed by atoms with Crippen molar-refractivity contribution in [3.63, 3.8) is 0 Å². The molecule has 4 nitrogen and oxygen atoms in total. The van der Waals surface area contributed by atoms with Crippen LogP contribution in [0.25, 0.3) is 6.08 Å². The highest BCUT2D eigenvalue weighted by atomic mass is 32.2. The maximum atomic E-state index is 12.2. The van der Waals surface area contributed by atoms with Gasteiger partial charge in [0.2, 0.25) is 0 Å². The predicted octanol–water partition coefficient (Wildman–Crippen LogP) is 3.73. The Bertz CT molecular complexity index is 559. The molecule has 1 aliphatic rings. The highest BCUT2D eigenvalue weighted by Gasteiger charge is 2.37. The largest absolute Gasteiger partial charge is 0.466 e. The smallest absolute Gasteiger partial charge is 0.293 e. The van der Waals surface area contributed by atoms with Crippen molar-refractivity contribution in [3.8, 4) is 0 Å². The summed E-state index contributed by atoms with van der Waals surface area (Å²) >= 11 is 0.995. The van der Waals surface area contributed by atoms with Crippen molar-refractivity contribution < 1.29 is 14.0 Å². The van der Waals surface area contributed by atoms with Crippen molar-refractivity contribution in [2.24, 2.45) is 0 Å². The lowest BCUT2D eigenvalue weighted by Gasteiger charge is -2.19. The SMILES string of the molecule is CCC(C)N1C(=O)S/C(=C/c2cc(C)oc2C)C1=O. The summed E-state index contributed by atoms with van der Waals surface area (Å²) in [7, 11) is 0. The van der Waals surface area contributed by atoms with Crippen molar-refractivity contribution in [1.82, 2.24) is 4.90 Å². The molecule has 1 aromatic rings. The Morgan fingerprint density at radius 1 is 1.42 bits per heavy atom. The van der Waals surface area contributed by atoms with Gasteiger partial charge in [0, 0.05) is 11.6 Å². The molecule has 2 heterocycles. The molecule has 0 bridgehead atoms. The van der Waals surface area contributed by atoms with E-state index in [4.69, 9.17) is 4.42 Å². The van der Waals surface area contributed by atoms with Gasteiger partial charge in [-0.25, -0.2) is 0 Å². The van der Waals surface area contributed by atoms with Gasteiger partial charge < -0.3 is 4.42 Å². The van der Waals surface area contributed by atoms with E-state index >= 15 is 0 Å². The van der Waals surface area contributed by atoms with Crippen molar-refractivity contribution in [1.29, 1.82) is 0 Å². The number of furan rings is 1. The van der Waals surface area contributed by atoms with Crippen LogP contribution in [0.4, 0.5) is 4.79 Å². The van der Waals surface area contributed by atoms with Crippen LogP contribution in [0.15, 0.2) is 15.4 Å². The molecule has 0 aromatic carbocycles. The van der Waals surface area contributed by atoms with E-state index in [0.717, 1.165) is 35.3 Å². The van der Waals surface area contributed by atoms with Crippen molar-refractivity contribution >= 4 is 29.0 Å². The molecule has 0 saturated carbocycles. The Morgan fingerprint density at radius 3 is 2.63 bits per heavy atom. The first-order chi connectivity index (χ1) is 8.93. The number of nitrogens with zero attached hydrogens (tertiary/aromatic N) is 1. The van der Waals surface area contributed by atoms with E-state index in [2.05, 4.69) is 0 Å². The lowest BCUT2D eigenvalue weighted by molar-refractivity contribution is -0.124. The van der Waals surface area contributed by atoms with E-state index in [0.29, 0.717) is 4.91 Å². The van der Waals surface area contributed by atoms with Crippen molar-refractivity contribution in [3.05, 3.63) is 28.1 Å². The van der Waals surface area contributed by atoms with Crippen molar-refractivity contribution in [2.45, 2.75) is 40.2 Å². The van der Waals surface area contributed by atoms with Crippen LogP contribution >= 0.6 is 11.8 Å². The molecule has 2 amide bonds. The van der Waals surface area contributed by atoms with Gasteiger partial charge in [0.15, 0.2) is 0 Å². The molecule has 2 rings (SSSR count). The molecular formula is C14H17NO3S. The highest BCUT2D eigenvalue weighted by Crippen LogP contribution is 2.34. The molecule has 0 radical (unpaired) electrons. The lowest BCUT2D eigenvalue weighted by atomic mass is 10.2. The Morgan fingerprint density at radius 2 is 2.11 bits per heavy atom. The lowest BCUT2D eigenvalue weighted by Crippen LogP contribution is -2.36. The Labute approximate surface area is 116 Å². The van der Waals surface area contributed by atoms with Crippen LogP contribution in [0.2, 0.25) is 0 Å². The molecule has 0 N–H and O–H groups in total. The fourth-order valence-electron chi connectivity index (χ4n) is 1.98. The molecule has 19 heavy (non-hydrogen) atoms. The van der Waals surface area contributed by atoms with E-state index in [1.807, 2.05) is 33.8 Å². The number of carbonyl (C=O) groups excluding carboxylic acids is 2. The summed E-state index contributed by atoms with van der Waals surface area (Å²) in [5, 5.41) is -0.191. The van der Waals surface area contributed by atoms with Crippen LogP contribution in [0.1, 0.15) is 37.4 Å². The zero-order valence-corrected chi connectivity index (χ0v) is 12.3. The minimum Gasteiger partial charge on any atom is -0.466 e. The Balaban J connectivity index is 2.31. The second-order valence-electron chi connectivity index (χ2n) is 4.68. The molecule has 1 atom stereocenters. The minimum absolute atomic E-state index is 0.0643. The van der Waals surface area contributed by atoms with Gasteiger partial charge in [-0.15, -0.1) is 0 Å². The zero-order valence-electron chi connectivity index (χ0n) is 11.5. The maximum Gasteiger partial charge on any atom is 0.293 e. The van der Waals surface area contributed by atoms with Crippen LogP contribution < -0.4 is 0 Å². The average molecular weight is 279 g/mol. The summed E-state index contributed by atoms with van der Waals surface area (Å²) in [6.07, 6.45) is 2.49. The Hall–Kier alpha value is -1.49. The van der Waals surface area contributed by atoms with Gasteiger partial charge in [-0.1, -0.05) is 6.92 Å². The molecule has 5 heteroatoms. The average Bonchev–Trinajstić information content (AvgIpc) is 2.80. The molecule has 1 saturated heterocycles. The standard InChI is InChI=1S/C14H17NO3S/c1-5-8(2)15-13(16)12(19-14(15)17)7-11-6-9(3)18-10(11)4/h6-8H,5H2,1-4H3/b12-7+. The van der Waals surface area contributed by atoms with E-state index in [1.165, 1.54) is 4.90 Å². The number of hydrogen-bond donors (Lipinski definition) is 0. The summed E-state index contributed by atoms with van der Waals surface area (Å²) in [5.74, 6) is 1.35. The third-order valence-corrected chi connectivity index (χ3v) is 4.10. The van der Waals surface area contributed by atoms with Crippen LogP contribution in [0, 0.1) is 13.8 Å². The predicted molar refractivity (Wildman–Crippen MR) is 75.7 cm³/mol. The normalized spacial score (nSPS) is 19.6. The summed E-state index contributed by atoms with van der Waals surface area (Å²) in [4.78, 5) is 25.9. The Kier molecular flexibility index (Phi) is 3.85. The minimum atomic E-state index is -0.206. The van der Waals surface area contributed by atoms with Gasteiger partial charge in [-0.2, -0.15) is 0 Å². The van der Waals surface area contributed by atoms with Gasteiger partial charge >= 0.3 is 0 Å². The molecule has 102 valence electrons. The quantitative estimate of drug-likeness (QED) is 0.791. The molecular weight excluding hydrogens is 262 g/mol. The molecule has 1 fully saturated rings. The maximum absolute atomic E-state index is 12.2. The van der Waals surface area contributed by atoms with Crippen LogP contribution in [-0.2, 0) is 4.79 Å². The first-order valence-electron chi connectivity index (χ1n) is 6.28. The number of thioether (sulfide) groups is 1. The molecule has 1 aliphatic heterocycles. The fourth-order valence-corrected chi connectivity index (χ4v) is 2.90. The summed E-state index contributed by atoms with van der Waals surface area (Å²) in [6.45, 7) is 7.54. The molecule has 1 aromatic heterocycles. The van der Waals surface area contributed by atoms with Crippen molar-refractivity contribution in [2.75, 3.05) is 0 Å². The van der Waals surface area contributed by atoms with Crippen LogP contribution in [0.5, 0.6) is 0 Å². The molecule has 1 unspecified atom stereocenters. The van der Waals surface area contributed by atoms with Gasteiger partial charge in [0.1, 0.15) is 11.5 Å². The number of rotatable bonds is 3. The van der Waals surface area contributed by atoms with E-state index in [-0.39, 0.29) is 17.2 Å². The third-order valence-electron chi connectivity index (χ3n) is 3.22. The third kappa shape index (κ3) is 2.61. The van der Waals surface area contributed by atoms with Crippen LogP contribution in [-0.4, -0.2) is 22.1 Å². The van der Waals surface area contributed by atoms with E-state index in [1.54, 1.807) is 6.08 Å². The summed E-state index contributed by atoms with van der Waals surface area (Å²) in [6, 6.07) is 1.80. The first kappa shape index (κ1) is 13.9. The van der Waals surface area contributed by atoms with E-state index in [9.17, 15) is 9.59 Å². The monoisotopic (exact) mass is 279 g/mol. The first-order valence-corrected chi connectivity index (χ1v) is 7.09. The second kappa shape index (κ2) is 5.25. The number of imide groups is 1. The highest BCUT2D eigenvalue weighted by molar-refractivity contribution is 8.18. The number of hydrogen-bond acceptors (Lipinski definition) is 4. The molecule has 0 aliphatic carbocycles. The number of amides is 2. The fraction of sp³-hybridized carbons (Fsp3) is 0.429. The van der Waals surface area contributed by atoms with Gasteiger partial charge in [-0.3, -0.25) is 14.5 Å².